The standard InChI is InChI=1S/C20H23FN4O2/c1-24-18(26)9-8-17(19(24)14-4-6-15(21)7-5-14)20(27)23-16-10-22-25(12-16)11-13-2-3-13/h4-7,10,12-13,17,19H,2-3,8-9,11H2,1H3,(H,23,27). The summed E-state index contributed by atoms with van der Waals surface area (Å²) in [6.07, 6.45) is 6.78. The second-order valence-electron chi connectivity index (χ2n) is 7.53. The van der Waals surface area contributed by atoms with E-state index in [1.54, 1.807) is 30.3 Å². The van der Waals surface area contributed by atoms with Crippen LogP contribution < -0.4 is 5.32 Å². The number of nitrogens with zero attached hydrogens (tertiary/aromatic N) is 3. The lowest BCUT2D eigenvalue weighted by atomic mass is 9.84. The first-order valence-corrected chi connectivity index (χ1v) is 9.35. The largest absolute Gasteiger partial charge is 0.338 e. The van der Waals surface area contributed by atoms with Gasteiger partial charge in [-0.15, -0.1) is 0 Å². The van der Waals surface area contributed by atoms with E-state index in [0.29, 0.717) is 24.4 Å². The zero-order valence-corrected chi connectivity index (χ0v) is 15.3. The summed E-state index contributed by atoms with van der Waals surface area (Å²) in [5.74, 6) is -0.188. The van der Waals surface area contributed by atoms with E-state index >= 15 is 0 Å². The topological polar surface area (TPSA) is 67.2 Å². The summed E-state index contributed by atoms with van der Waals surface area (Å²) in [5, 5.41) is 7.24. The Balaban J connectivity index is 1.51. The van der Waals surface area contributed by atoms with Crippen LogP contribution in [0.15, 0.2) is 36.7 Å². The van der Waals surface area contributed by atoms with Crippen LogP contribution in [0.25, 0.3) is 0 Å². The van der Waals surface area contributed by atoms with Gasteiger partial charge in [-0.05, 0) is 42.9 Å². The molecule has 0 radical (unpaired) electrons. The molecule has 0 bridgehead atoms. The van der Waals surface area contributed by atoms with Gasteiger partial charge >= 0.3 is 0 Å². The van der Waals surface area contributed by atoms with Crippen LogP contribution in [0.1, 0.15) is 37.3 Å². The van der Waals surface area contributed by atoms with Gasteiger partial charge in [0.05, 0.1) is 23.8 Å². The third kappa shape index (κ3) is 3.86. The number of aromatic nitrogens is 2. The predicted molar refractivity (Wildman–Crippen MR) is 98.2 cm³/mol. The highest BCUT2D eigenvalue weighted by molar-refractivity contribution is 5.94. The highest BCUT2D eigenvalue weighted by Crippen LogP contribution is 2.36. The average Bonchev–Trinajstić information content (AvgIpc) is 3.36. The molecule has 1 saturated heterocycles. The van der Waals surface area contributed by atoms with E-state index in [1.165, 1.54) is 25.0 Å². The number of hydrogen-bond donors (Lipinski definition) is 1. The third-order valence-corrected chi connectivity index (χ3v) is 5.45. The van der Waals surface area contributed by atoms with E-state index in [4.69, 9.17) is 0 Å². The fourth-order valence-electron chi connectivity index (χ4n) is 3.76. The number of piperidine rings is 1. The molecular weight excluding hydrogens is 347 g/mol. The van der Waals surface area contributed by atoms with E-state index in [9.17, 15) is 14.0 Å². The summed E-state index contributed by atoms with van der Waals surface area (Å²) in [5.41, 5.74) is 1.43. The van der Waals surface area contributed by atoms with E-state index in [1.807, 2.05) is 10.9 Å². The predicted octanol–water partition coefficient (Wildman–Crippen LogP) is 2.98. The first kappa shape index (κ1) is 17.7. The van der Waals surface area contributed by atoms with Crippen molar-refractivity contribution in [3.8, 4) is 0 Å². The molecule has 4 rings (SSSR count). The van der Waals surface area contributed by atoms with Crippen molar-refractivity contribution in [1.82, 2.24) is 14.7 Å². The highest BCUT2D eigenvalue weighted by atomic mass is 19.1. The van der Waals surface area contributed by atoms with Crippen molar-refractivity contribution in [3.05, 3.63) is 48.0 Å². The molecule has 2 amide bonds. The van der Waals surface area contributed by atoms with Gasteiger partial charge in [-0.1, -0.05) is 12.1 Å². The Bertz CT molecular complexity index is 844. The Labute approximate surface area is 157 Å². The molecule has 7 heteroatoms. The van der Waals surface area contributed by atoms with Crippen LogP contribution in [0.3, 0.4) is 0 Å². The number of nitrogens with one attached hydrogen (secondary N) is 1. The van der Waals surface area contributed by atoms with Gasteiger partial charge in [-0.2, -0.15) is 5.10 Å². The lowest BCUT2D eigenvalue weighted by Crippen LogP contribution is -2.44. The van der Waals surface area contributed by atoms with Crippen molar-refractivity contribution in [2.45, 2.75) is 38.3 Å². The molecule has 2 unspecified atom stereocenters. The van der Waals surface area contributed by atoms with E-state index in [2.05, 4.69) is 10.4 Å². The molecule has 2 aromatic rings. The Morgan fingerprint density at radius 1 is 1.26 bits per heavy atom. The van der Waals surface area contributed by atoms with Crippen molar-refractivity contribution in [2.75, 3.05) is 12.4 Å². The van der Waals surface area contributed by atoms with Gasteiger partial charge in [0.2, 0.25) is 11.8 Å². The van der Waals surface area contributed by atoms with Crippen molar-refractivity contribution >= 4 is 17.5 Å². The summed E-state index contributed by atoms with van der Waals surface area (Å²) in [6.45, 7) is 0.884. The molecule has 1 aliphatic heterocycles. The summed E-state index contributed by atoms with van der Waals surface area (Å²) >= 11 is 0. The van der Waals surface area contributed by atoms with Crippen molar-refractivity contribution in [1.29, 1.82) is 0 Å². The number of rotatable bonds is 5. The van der Waals surface area contributed by atoms with Crippen molar-refractivity contribution in [2.24, 2.45) is 11.8 Å². The molecular formula is C20H23FN4O2. The van der Waals surface area contributed by atoms with Crippen LogP contribution in [-0.2, 0) is 16.1 Å². The molecule has 142 valence electrons. The Morgan fingerprint density at radius 2 is 2.00 bits per heavy atom. The summed E-state index contributed by atoms with van der Waals surface area (Å²) < 4.78 is 15.2. The van der Waals surface area contributed by atoms with Gasteiger partial charge in [0.15, 0.2) is 0 Å². The fourth-order valence-corrected chi connectivity index (χ4v) is 3.76. The van der Waals surface area contributed by atoms with E-state index in [0.717, 1.165) is 12.1 Å². The SMILES string of the molecule is CN1C(=O)CCC(C(=O)Nc2cnn(CC3CC3)c2)C1c1ccc(F)cc1. The fraction of sp³-hybridized carbons (Fsp3) is 0.450. The monoisotopic (exact) mass is 370 g/mol. The Kier molecular flexibility index (Phi) is 4.68. The van der Waals surface area contributed by atoms with Gasteiger partial charge in [0.25, 0.3) is 0 Å². The molecule has 1 saturated carbocycles. The molecule has 0 spiro atoms. The normalized spacial score (nSPS) is 22.7. The minimum atomic E-state index is -0.409. The number of amides is 2. The molecule has 1 aliphatic carbocycles. The minimum Gasteiger partial charge on any atom is -0.338 e. The molecule has 2 aliphatic rings. The van der Waals surface area contributed by atoms with E-state index < -0.39 is 12.0 Å². The number of anilines is 1. The molecule has 6 nitrogen and oxygen atoms in total. The number of benzene rings is 1. The van der Waals surface area contributed by atoms with Crippen LogP contribution in [0.2, 0.25) is 0 Å². The zero-order chi connectivity index (χ0) is 19.0. The van der Waals surface area contributed by atoms with Crippen LogP contribution in [0, 0.1) is 17.7 Å². The Hall–Kier alpha value is -2.70. The maximum Gasteiger partial charge on any atom is 0.230 e. The van der Waals surface area contributed by atoms with Gasteiger partial charge in [-0.3, -0.25) is 14.3 Å². The van der Waals surface area contributed by atoms with Gasteiger partial charge in [0, 0.05) is 26.2 Å². The number of likely N-dealkylation sites (tertiary alicyclic amines) is 1. The molecule has 1 aromatic heterocycles. The van der Waals surface area contributed by atoms with Gasteiger partial charge in [-0.25, -0.2) is 4.39 Å². The highest BCUT2D eigenvalue weighted by Gasteiger charge is 2.39. The Morgan fingerprint density at radius 3 is 2.70 bits per heavy atom. The molecule has 2 atom stereocenters. The quantitative estimate of drug-likeness (QED) is 0.880. The first-order valence-electron chi connectivity index (χ1n) is 9.35. The van der Waals surface area contributed by atoms with Crippen LogP contribution in [0.5, 0.6) is 0 Å². The zero-order valence-electron chi connectivity index (χ0n) is 15.3. The van der Waals surface area contributed by atoms with Crippen LogP contribution in [0.4, 0.5) is 10.1 Å². The summed E-state index contributed by atoms with van der Waals surface area (Å²) in [6, 6.07) is 5.60. The maximum absolute atomic E-state index is 13.3. The smallest absolute Gasteiger partial charge is 0.230 e. The minimum absolute atomic E-state index is 0.00868. The van der Waals surface area contributed by atoms with Crippen molar-refractivity contribution < 1.29 is 14.0 Å². The van der Waals surface area contributed by atoms with Crippen LogP contribution >= 0.6 is 0 Å². The number of carbonyl (C=O) groups is 2. The lowest BCUT2D eigenvalue weighted by Gasteiger charge is -2.38. The van der Waals surface area contributed by atoms with Gasteiger partial charge < -0.3 is 10.2 Å². The van der Waals surface area contributed by atoms with Gasteiger partial charge in [0.1, 0.15) is 5.82 Å². The molecule has 1 N–H and O–H groups in total. The third-order valence-electron chi connectivity index (χ3n) is 5.45. The maximum atomic E-state index is 13.3. The molecule has 1 aromatic carbocycles. The molecule has 27 heavy (non-hydrogen) atoms. The first-order chi connectivity index (χ1) is 13.0. The summed E-state index contributed by atoms with van der Waals surface area (Å²) in [4.78, 5) is 26.7. The molecule has 2 heterocycles. The second-order valence-corrected chi connectivity index (χ2v) is 7.53. The lowest BCUT2D eigenvalue weighted by molar-refractivity contribution is -0.140. The number of hydrogen-bond acceptors (Lipinski definition) is 3. The van der Waals surface area contributed by atoms with Crippen molar-refractivity contribution in [3.63, 3.8) is 0 Å². The van der Waals surface area contributed by atoms with Crippen LogP contribution in [-0.4, -0.2) is 33.5 Å². The average molecular weight is 370 g/mol. The number of halogens is 1. The number of carbonyl (C=O) groups excluding carboxylic acids is 2. The second kappa shape index (κ2) is 7.13. The summed E-state index contributed by atoms with van der Waals surface area (Å²) in [7, 11) is 1.70. The van der Waals surface area contributed by atoms with E-state index in [-0.39, 0.29) is 17.6 Å². The molecule has 2 fully saturated rings.